The third-order valence-corrected chi connectivity index (χ3v) is 5.33. The molecule has 0 N–H and O–H groups in total. The van der Waals surface area contributed by atoms with Crippen molar-refractivity contribution in [2.24, 2.45) is 0 Å². The molecule has 30 heavy (non-hydrogen) atoms. The number of anilines is 1. The van der Waals surface area contributed by atoms with Gasteiger partial charge in [0, 0.05) is 17.2 Å². The first kappa shape index (κ1) is 20.0. The fourth-order valence-corrected chi connectivity index (χ4v) is 3.72. The zero-order chi connectivity index (χ0) is 21.1. The number of aryl methyl sites for hydroxylation is 1. The molecule has 1 aliphatic heterocycles. The Balaban J connectivity index is 1.53. The normalized spacial score (nSPS) is 16.3. The van der Waals surface area contributed by atoms with Crippen molar-refractivity contribution < 1.29 is 18.7 Å². The summed E-state index contributed by atoms with van der Waals surface area (Å²) in [5.41, 5.74) is 2.46. The lowest BCUT2D eigenvalue weighted by molar-refractivity contribution is 0.0975. The number of alkyl halides is 1. The molecule has 4 nitrogen and oxygen atoms in total. The topological polar surface area (TPSA) is 38.8 Å². The highest BCUT2D eigenvalue weighted by Gasteiger charge is 2.38. The molecule has 154 valence electrons. The molecule has 5 heteroatoms. The van der Waals surface area contributed by atoms with Gasteiger partial charge in [0.25, 0.3) is 5.91 Å². The summed E-state index contributed by atoms with van der Waals surface area (Å²) in [5, 5.41) is 0. The molecule has 0 spiro atoms. The quantitative estimate of drug-likeness (QED) is 0.472. The molecule has 3 aromatic carbocycles. The fourth-order valence-electron chi connectivity index (χ4n) is 3.72. The molecule has 0 fully saturated rings. The molecular formula is C25H24FNO3. The molecule has 4 rings (SSSR count). The van der Waals surface area contributed by atoms with Crippen molar-refractivity contribution in [2.45, 2.75) is 32.2 Å². The highest BCUT2D eigenvalue weighted by atomic mass is 19.1. The predicted molar refractivity (Wildman–Crippen MR) is 115 cm³/mol. The SMILES string of the molecule is COc1ccc(N2C(=O)c3ccccc3C2F)cc1OC(C)CCc1ccccc1. The van der Waals surface area contributed by atoms with Gasteiger partial charge in [-0.25, -0.2) is 4.39 Å². The third-order valence-electron chi connectivity index (χ3n) is 5.33. The molecule has 3 aromatic rings. The minimum atomic E-state index is -1.52. The van der Waals surface area contributed by atoms with E-state index in [0.29, 0.717) is 28.3 Å². The average Bonchev–Trinajstić information content (AvgIpc) is 3.03. The molecule has 1 aliphatic rings. The van der Waals surface area contributed by atoms with Crippen molar-refractivity contribution in [3.63, 3.8) is 0 Å². The van der Waals surface area contributed by atoms with Crippen LogP contribution in [0.3, 0.4) is 0 Å². The summed E-state index contributed by atoms with van der Waals surface area (Å²) in [5.74, 6) is 0.683. The lowest BCUT2D eigenvalue weighted by atomic mass is 10.1. The number of fused-ring (bicyclic) bond motifs is 1. The highest BCUT2D eigenvalue weighted by Crippen LogP contribution is 2.41. The lowest BCUT2D eigenvalue weighted by Gasteiger charge is -2.22. The molecule has 0 bridgehead atoms. The Bertz CT molecular complexity index is 1040. The fraction of sp³-hybridized carbons (Fsp3) is 0.240. The average molecular weight is 405 g/mol. The standard InChI is InChI=1S/C25H24FNO3/c1-17(12-13-18-8-4-3-5-9-18)30-23-16-19(14-15-22(23)29-2)27-24(26)20-10-6-7-11-21(20)25(27)28/h3-11,14-17,24H,12-13H2,1-2H3. The Kier molecular flexibility index (Phi) is 5.70. The predicted octanol–water partition coefficient (Wildman–Crippen LogP) is 5.72. The minimum Gasteiger partial charge on any atom is -0.493 e. The summed E-state index contributed by atoms with van der Waals surface area (Å²) in [4.78, 5) is 13.9. The maximum Gasteiger partial charge on any atom is 0.261 e. The van der Waals surface area contributed by atoms with Gasteiger partial charge in [-0.15, -0.1) is 0 Å². The van der Waals surface area contributed by atoms with Crippen LogP contribution in [0.2, 0.25) is 0 Å². The summed E-state index contributed by atoms with van der Waals surface area (Å²) in [7, 11) is 1.56. The van der Waals surface area contributed by atoms with Crippen LogP contribution < -0.4 is 14.4 Å². The number of hydrogen-bond acceptors (Lipinski definition) is 3. The van der Waals surface area contributed by atoms with Crippen LogP contribution >= 0.6 is 0 Å². The van der Waals surface area contributed by atoms with Crippen molar-refractivity contribution in [1.29, 1.82) is 0 Å². The molecule has 0 saturated heterocycles. The summed E-state index contributed by atoms with van der Waals surface area (Å²) in [6, 6.07) is 22.0. The number of nitrogens with zero attached hydrogens (tertiary/aromatic N) is 1. The number of benzene rings is 3. The van der Waals surface area contributed by atoms with E-state index in [9.17, 15) is 4.79 Å². The van der Waals surface area contributed by atoms with E-state index in [1.54, 1.807) is 49.6 Å². The van der Waals surface area contributed by atoms with E-state index >= 15 is 4.39 Å². The van der Waals surface area contributed by atoms with E-state index in [4.69, 9.17) is 9.47 Å². The molecule has 1 amide bonds. The van der Waals surface area contributed by atoms with Crippen LogP contribution in [-0.4, -0.2) is 19.1 Å². The number of ether oxygens (including phenoxy) is 2. The van der Waals surface area contributed by atoms with Crippen LogP contribution in [0.25, 0.3) is 0 Å². The van der Waals surface area contributed by atoms with Crippen molar-refractivity contribution in [1.82, 2.24) is 0 Å². The van der Waals surface area contributed by atoms with Gasteiger partial charge in [0.15, 0.2) is 11.5 Å². The Morgan fingerprint density at radius 3 is 2.47 bits per heavy atom. The van der Waals surface area contributed by atoms with E-state index < -0.39 is 6.30 Å². The molecule has 2 unspecified atom stereocenters. The molecule has 0 aromatic heterocycles. The van der Waals surface area contributed by atoms with Crippen LogP contribution in [0.15, 0.2) is 72.8 Å². The molecule has 0 saturated carbocycles. The second-order valence-electron chi connectivity index (χ2n) is 7.39. The monoisotopic (exact) mass is 405 g/mol. The van der Waals surface area contributed by atoms with Crippen LogP contribution in [-0.2, 0) is 6.42 Å². The van der Waals surface area contributed by atoms with Gasteiger partial charge in [0.1, 0.15) is 0 Å². The van der Waals surface area contributed by atoms with Gasteiger partial charge in [-0.05, 0) is 43.5 Å². The van der Waals surface area contributed by atoms with Gasteiger partial charge >= 0.3 is 0 Å². The Labute approximate surface area is 175 Å². The third kappa shape index (κ3) is 3.88. The summed E-state index contributed by atoms with van der Waals surface area (Å²) >= 11 is 0. The number of carbonyl (C=O) groups excluding carboxylic acids is 1. The first-order valence-corrected chi connectivity index (χ1v) is 10.0. The van der Waals surface area contributed by atoms with E-state index in [1.807, 2.05) is 25.1 Å². The van der Waals surface area contributed by atoms with E-state index in [0.717, 1.165) is 17.7 Å². The largest absolute Gasteiger partial charge is 0.493 e. The maximum atomic E-state index is 15.0. The first-order valence-electron chi connectivity index (χ1n) is 10.0. The Morgan fingerprint density at radius 2 is 1.73 bits per heavy atom. The van der Waals surface area contributed by atoms with Gasteiger partial charge in [-0.3, -0.25) is 9.69 Å². The molecule has 2 atom stereocenters. The molecule has 1 heterocycles. The summed E-state index contributed by atoms with van der Waals surface area (Å²) in [6.45, 7) is 1.99. The lowest BCUT2D eigenvalue weighted by Crippen LogP contribution is -2.25. The van der Waals surface area contributed by atoms with Crippen molar-refractivity contribution in [2.75, 3.05) is 12.0 Å². The second kappa shape index (κ2) is 8.57. The molecular weight excluding hydrogens is 381 g/mol. The number of hydrogen-bond donors (Lipinski definition) is 0. The van der Waals surface area contributed by atoms with Crippen LogP contribution in [0.4, 0.5) is 10.1 Å². The maximum absolute atomic E-state index is 15.0. The van der Waals surface area contributed by atoms with Crippen LogP contribution in [0, 0.1) is 0 Å². The van der Waals surface area contributed by atoms with E-state index in [-0.39, 0.29) is 12.0 Å². The zero-order valence-electron chi connectivity index (χ0n) is 17.0. The summed E-state index contributed by atoms with van der Waals surface area (Å²) in [6.07, 6.45) is 0.0979. The van der Waals surface area contributed by atoms with Crippen molar-refractivity contribution >= 4 is 11.6 Å². The number of carbonyl (C=O) groups is 1. The Morgan fingerprint density at radius 1 is 1.00 bits per heavy atom. The van der Waals surface area contributed by atoms with Gasteiger partial charge < -0.3 is 9.47 Å². The zero-order valence-corrected chi connectivity index (χ0v) is 17.0. The Hall–Kier alpha value is -3.34. The van der Waals surface area contributed by atoms with Gasteiger partial charge in [0.05, 0.1) is 18.9 Å². The number of halogens is 1. The molecule has 0 aliphatic carbocycles. The smallest absolute Gasteiger partial charge is 0.261 e. The first-order chi connectivity index (χ1) is 14.6. The van der Waals surface area contributed by atoms with E-state index in [1.165, 1.54) is 5.56 Å². The number of methoxy groups -OCH3 is 1. The van der Waals surface area contributed by atoms with Crippen LogP contribution in [0.1, 0.15) is 41.1 Å². The van der Waals surface area contributed by atoms with Gasteiger partial charge in [0.2, 0.25) is 6.30 Å². The van der Waals surface area contributed by atoms with Gasteiger partial charge in [-0.2, -0.15) is 0 Å². The van der Waals surface area contributed by atoms with Crippen molar-refractivity contribution in [3.8, 4) is 11.5 Å². The van der Waals surface area contributed by atoms with Crippen molar-refractivity contribution in [3.05, 3.63) is 89.5 Å². The summed E-state index contributed by atoms with van der Waals surface area (Å²) < 4.78 is 26.6. The number of amides is 1. The van der Waals surface area contributed by atoms with Crippen LogP contribution in [0.5, 0.6) is 11.5 Å². The highest BCUT2D eigenvalue weighted by molar-refractivity contribution is 6.10. The number of rotatable bonds is 7. The molecule has 0 radical (unpaired) electrons. The van der Waals surface area contributed by atoms with Gasteiger partial charge in [-0.1, -0.05) is 48.5 Å². The minimum absolute atomic E-state index is 0.0815. The second-order valence-corrected chi connectivity index (χ2v) is 7.39. The van der Waals surface area contributed by atoms with E-state index in [2.05, 4.69) is 12.1 Å².